The lowest BCUT2D eigenvalue weighted by molar-refractivity contribution is 0.0976. The number of nitrogens with one attached hydrogen (secondary N) is 2. The summed E-state index contributed by atoms with van der Waals surface area (Å²) in [6.07, 6.45) is 3.78. The van der Waals surface area contributed by atoms with E-state index in [0.29, 0.717) is 5.56 Å². The molecule has 0 atom stereocenters. The summed E-state index contributed by atoms with van der Waals surface area (Å²) < 4.78 is 1.89. The highest BCUT2D eigenvalue weighted by Gasteiger charge is 2.06. The average Bonchev–Trinajstić information content (AvgIpc) is 2.82. The Morgan fingerprint density at radius 3 is 2.59 bits per heavy atom. The molecule has 1 amide bonds. The van der Waals surface area contributed by atoms with Gasteiger partial charge in [0.1, 0.15) is 0 Å². The second-order valence-electron chi connectivity index (χ2n) is 3.51. The quantitative estimate of drug-likeness (QED) is 0.531. The Kier molecular flexibility index (Phi) is 2.91. The molecule has 4 N–H and O–H groups in total. The number of carbonyl (C=O) groups excluding carboxylic acids is 1. The van der Waals surface area contributed by atoms with E-state index < -0.39 is 0 Å². The number of amides is 1. The molecule has 1 aromatic heterocycles. The van der Waals surface area contributed by atoms with Gasteiger partial charge in [-0.15, -0.1) is 0 Å². The Balaban J connectivity index is 2.29. The third-order valence-corrected chi connectivity index (χ3v) is 2.26. The van der Waals surface area contributed by atoms with Crippen LogP contribution >= 0.6 is 0 Å². The highest BCUT2D eigenvalue weighted by Crippen LogP contribution is 2.10. The number of nitrogens with zero attached hydrogens (tertiary/aromatic N) is 1. The number of benzene rings is 1. The summed E-state index contributed by atoms with van der Waals surface area (Å²) in [7, 11) is 0. The Morgan fingerprint density at radius 2 is 1.94 bits per heavy atom. The smallest absolute Gasteiger partial charge is 0.258 e. The summed E-state index contributed by atoms with van der Waals surface area (Å²) in [4.78, 5) is 11.6. The molecule has 0 aliphatic carbocycles. The average molecular weight is 228 g/mol. The van der Waals surface area contributed by atoms with Gasteiger partial charge < -0.3 is 10.3 Å². The fourth-order valence-corrected chi connectivity index (χ4v) is 1.51. The van der Waals surface area contributed by atoms with Gasteiger partial charge in [0.05, 0.1) is 0 Å². The van der Waals surface area contributed by atoms with Crippen LogP contribution in [0.3, 0.4) is 0 Å². The standard InChI is InChI=1S/C12H12N4O/c13-12(14)15-11(17)9-4-3-5-10(8-9)16-6-1-2-7-16/h1-8H,(H4,13,14,15,17). The molecule has 0 saturated heterocycles. The van der Waals surface area contributed by atoms with Crippen molar-refractivity contribution in [2.24, 2.45) is 5.73 Å². The molecule has 17 heavy (non-hydrogen) atoms. The molecule has 2 aromatic rings. The highest BCUT2D eigenvalue weighted by atomic mass is 16.1. The Bertz CT molecular complexity index is 545. The van der Waals surface area contributed by atoms with Crippen molar-refractivity contribution in [2.45, 2.75) is 0 Å². The number of aromatic nitrogens is 1. The van der Waals surface area contributed by atoms with E-state index in [-0.39, 0.29) is 11.9 Å². The van der Waals surface area contributed by atoms with E-state index in [1.807, 2.05) is 35.2 Å². The van der Waals surface area contributed by atoms with Crippen LogP contribution in [0.25, 0.3) is 5.69 Å². The molecule has 0 unspecified atom stereocenters. The van der Waals surface area contributed by atoms with Gasteiger partial charge in [-0.3, -0.25) is 15.5 Å². The molecular formula is C12H12N4O. The first-order valence-corrected chi connectivity index (χ1v) is 5.05. The van der Waals surface area contributed by atoms with Gasteiger partial charge in [0, 0.05) is 23.6 Å². The summed E-state index contributed by atoms with van der Waals surface area (Å²) in [5.41, 5.74) is 6.45. The molecule has 0 spiro atoms. The first kappa shape index (κ1) is 10.9. The minimum absolute atomic E-state index is 0.360. The van der Waals surface area contributed by atoms with Crippen molar-refractivity contribution in [3.8, 4) is 5.69 Å². The van der Waals surface area contributed by atoms with Crippen molar-refractivity contribution in [2.75, 3.05) is 0 Å². The SMILES string of the molecule is N=C(N)NC(=O)c1cccc(-n2cccc2)c1. The second kappa shape index (κ2) is 4.52. The number of hydrogen-bond donors (Lipinski definition) is 3. The largest absolute Gasteiger partial charge is 0.370 e. The predicted octanol–water partition coefficient (Wildman–Crippen LogP) is 1.10. The molecule has 5 heteroatoms. The van der Waals surface area contributed by atoms with Crippen molar-refractivity contribution in [3.63, 3.8) is 0 Å². The number of nitrogens with two attached hydrogens (primary N) is 1. The second-order valence-corrected chi connectivity index (χ2v) is 3.51. The number of hydrogen-bond acceptors (Lipinski definition) is 2. The summed E-state index contributed by atoms with van der Waals surface area (Å²) in [6, 6.07) is 10.9. The van der Waals surface area contributed by atoms with E-state index in [2.05, 4.69) is 5.32 Å². The molecule has 1 heterocycles. The molecule has 0 bridgehead atoms. The summed E-state index contributed by atoms with van der Waals surface area (Å²) in [5, 5.41) is 9.25. The molecule has 0 saturated carbocycles. The molecule has 0 radical (unpaired) electrons. The van der Waals surface area contributed by atoms with Gasteiger partial charge in [0.25, 0.3) is 5.91 Å². The van der Waals surface area contributed by atoms with Crippen molar-refractivity contribution >= 4 is 11.9 Å². The summed E-state index contributed by atoms with van der Waals surface area (Å²) >= 11 is 0. The zero-order valence-corrected chi connectivity index (χ0v) is 9.05. The fraction of sp³-hybridized carbons (Fsp3) is 0. The van der Waals surface area contributed by atoms with Crippen LogP contribution in [-0.4, -0.2) is 16.4 Å². The zero-order chi connectivity index (χ0) is 12.3. The molecular weight excluding hydrogens is 216 g/mol. The molecule has 0 fully saturated rings. The highest BCUT2D eigenvalue weighted by molar-refractivity contribution is 6.04. The van der Waals surface area contributed by atoms with Gasteiger partial charge in [0.15, 0.2) is 5.96 Å². The van der Waals surface area contributed by atoms with Crippen LogP contribution in [0.4, 0.5) is 0 Å². The van der Waals surface area contributed by atoms with E-state index in [9.17, 15) is 4.79 Å². The van der Waals surface area contributed by atoms with Crippen molar-refractivity contribution in [1.82, 2.24) is 9.88 Å². The van der Waals surface area contributed by atoms with Gasteiger partial charge in [-0.2, -0.15) is 0 Å². The lowest BCUT2D eigenvalue weighted by Gasteiger charge is -2.06. The van der Waals surface area contributed by atoms with Crippen molar-refractivity contribution < 1.29 is 4.79 Å². The number of guanidine groups is 1. The first-order chi connectivity index (χ1) is 8.16. The van der Waals surface area contributed by atoms with Gasteiger partial charge in [-0.05, 0) is 30.3 Å². The van der Waals surface area contributed by atoms with E-state index in [1.165, 1.54) is 0 Å². The summed E-state index contributed by atoms with van der Waals surface area (Å²) in [5.74, 6) is -0.743. The molecule has 2 rings (SSSR count). The van der Waals surface area contributed by atoms with Crippen LogP contribution in [0.15, 0.2) is 48.8 Å². The third-order valence-electron chi connectivity index (χ3n) is 2.26. The fourth-order valence-electron chi connectivity index (χ4n) is 1.51. The van der Waals surface area contributed by atoms with Gasteiger partial charge in [-0.25, -0.2) is 0 Å². The molecule has 86 valence electrons. The number of rotatable bonds is 2. The van der Waals surface area contributed by atoms with Gasteiger partial charge in [0.2, 0.25) is 0 Å². The van der Waals surface area contributed by atoms with E-state index in [4.69, 9.17) is 11.1 Å². The van der Waals surface area contributed by atoms with E-state index in [1.54, 1.807) is 18.2 Å². The van der Waals surface area contributed by atoms with Crippen LogP contribution in [0.1, 0.15) is 10.4 Å². The van der Waals surface area contributed by atoms with Crippen molar-refractivity contribution in [1.29, 1.82) is 5.41 Å². The van der Waals surface area contributed by atoms with Crippen LogP contribution < -0.4 is 11.1 Å². The van der Waals surface area contributed by atoms with Crippen LogP contribution in [0.5, 0.6) is 0 Å². The van der Waals surface area contributed by atoms with E-state index >= 15 is 0 Å². The van der Waals surface area contributed by atoms with Gasteiger partial charge in [-0.1, -0.05) is 6.07 Å². The maximum atomic E-state index is 11.6. The lowest BCUT2D eigenvalue weighted by Crippen LogP contribution is -2.35. The summed E-state index contributed by atoms with van der Waals surface area (Å²) in [6.45, 7) is 0. The molecule has 0 aliphatic heterocycles. The van der Waals surface area contributed by atoms with Crippen LogP contribution in [0, 0.1) is 5.41 Å². The molecule has 0 aliphatic rings. The Labute approximate surface area is 98.4 Å². The minimum atomic E-state index is -0.383. The molecule has 1 aromatic carbocycles. The van der Waals surface area contributed by atoms with Crippen molar-refractivity contribution in [3.05, 3.63) is 54.4 Å². The minimum Gasteiger partial charge on any atom is -0.370 e. The topological polar surface area (TPSA) is 83.9 Å². The third kappa shape index (κ3) is 2.52. The first-order valence-electron chi connectivity index (χ1n) is 5.05. The number of carbonyl (C=O) groups is 1. The van der Waals surface area contributed by atoms with Crippen LogP contribution in [0.2, 0.25) is 0 Å². The van der Waals surface area contributed by atoms with E-state index in [0.717, 1.165) is 5.69 Å². The Hall–Kier alpha value is -2.56. The molecule has 5 nitrogen and oxygen atoms in total. The normalized spacial score (nSPS) is 9.88. The zero-order valence-electron chi connectivity index (χ0n) is 9.05. The Morgan fingerprint density at radius 1 is 1.24 bits per heavy atom. The predicted molar refractivity (Wildman–Crippen MR) is 65.1 cm³/mol. The van der Waals surface area contributed by atoms with Crippen LogP contribution in [-0.2, 0) is 0 Å². The maximum absolute atomic E-state index is 11.6. The maximum Gasteiger partial charge on any atom is 0.258 e. The van der Waals surface area contributed by atoms with Gasteiger partial charge >= 0.3 is 0 Å². The monoisotopic (exact) mass is 228 g/mol. The lowest BCUT2D eigenvalue weighted by atomic mass is 10.2.